The average Bonchev–Trinajstić information content (AvgIpc) is 3.37. The summed E-state index contributed by atoms with van der Waals surface area (Å²) in [6.07, 6.45) is 9.05. The van der Waals surface area contributed by atoms with E-state index in [2.05, 4.69) is 47.2 Å². The summed E-state index contributed by atoms with van der Waals surface area (Å²) in [5.41, 5.74) is 9.44. The molecule has 6 rings (SSSR count). The number of rotatable bonds is 4. The molecule has 4 heterocycles. The maximum absolute atomic E-state index is 12.0. The van der Waals surface area contributed by atoms with Crippen molar-refractivity contribution in [1.82, 2.24) is 29.9 Å². The minimum atomic E-state index is 0.0192. The van der Waals surface area contributed by atoms with E-state index in [1.165, 1.54) is 6.08 Å². The van der Waals surface area contributed by atoms with Gasteiger partial charge in [-0.15, -0.1) is 0 Å². The summed E-state index contributed by atoms with van der Waals surface area (Å²) in [6, 6.07) is 2.32. The predicted molar refractivity (Wildman–Crippen MR) is 142 cm³/mol. The SMILES string of the molecule is C=CC(=O)N1CC2(CC(n3nc(-c4c(C)cncc4C)c(-c4c(Cl)c(C)cc5[nH]ncc45)c3C)C2)C1. The van der Waals surface area contributed by atoms with Crippen molar-refractivity contribution in [2.75, 3.05) is 13.1 Å². The number of H-pyrrole nitrogens is 1. The zero-order valence-corrected chi connectivity index (χ0v) is 21.8. The van der Waals surface area contributed by atoms with Crippen LogP contribution in [0.3, 0.4) is 0 Å². The molecule has 8 heteroatoms. The van der Waals surface area contributed by atoms with E-state index in [-0.39, 0.29) is 17.4 Å². The number of hydrogen-bond acceptors (Lipinski definition) is 4. The summed E-state index contributed by atoms with van der Waals surface area (Å²) in [6.45, 7) is 13.5. The van der Waals surface area contributed by atoms with Gasteiger partial charge in [0, 0.05) is 58.7 Å². The summed E-state index contributed by atoms with van der Waals surface area (Å²) in [5.74, 6) is 0.0192. The van der Waals surface area contributed by atoms with E-state index in [1.807, 2.05) is 36.5 Å². The van der Waals surface area contributed by atoms with Gasteiger partial charge in [0.15, 0.2) is 0 Å². The van der Waals surface area contributed by atoms with Crippen LogP contribution in [0, 0.1) is 33.1 Å². The highest BCUT2D eigenvalue weighted by Crippen LogP contribution is 2.55. The third kappa shape index (κ3) is 3.25. The van der Waals surface area contributed by atoms with Gasteiger partial charge in [-0.05, 0) is 69.4 Å². The molecule has 1 aliphatic carbocycles. The lowest BCUT2D eigenvalue weighted by Crippen LogP contribution is -2.63. The molecule has 1 amide bonds. The maximum atomic E-state index is 12.0. The van der Waals surface area contributed by atoms with E-state index in [9.17, 15) is 4.79 Å². The van der Waals surface area contributed by atoms with Crippen LogP contribution in [0.5, 0.6) is 0 Å². The van der Waals surface area contributed by atoms with Gasteiger partial charge < -0.3 is 4.90 Å². The highest BCUT2D eigenvalue weighted by molar-refractivity contribution is 6.36. The third-order valence-electron chi connectivity index (χ3n) is 8.05. The summed E-state index contributed by atoms with van der Waals surface area (Å²) < 4.78 is 2.19. The highest BCUT2D eigenvalue weighted by Gasteiger charge is 2.54. The smallest absolute Gasteiger partial charge is 0.245 e. The van der Waals surface area contributed by atoms with Gasteiger partial charge in [-0.1, -0.05) is 18.2 Å². The first-order valence-corrected chi connectivity index (χ1v) is 12.7. The fourth-order valence-electron chi connectivity index (χ4n) is 6.29. The lowest BCUT2D eigenvalue weighted by molar-refractivity contribution is -0.149. The summed E-state index contributed by atoms with van der Waals surface area (Å²) >= 11 is 7.01. The highest BCUT2D eigenvalue weighted by atomic mass is 35.5. The number of fused-ring (bicyclic) bond motifs is 1. The molecule has 2 aliphatic rings. The molecule has 1 aromatic carbocycles. The molecule has 1 saturated carbocycles. The Hall–Kier alpha value is -3.45. The molecule has 184 valence electrons. The van der Waals surface area contributed by atoms with E-state index < -0.39 is 0 Å². The van der Waals surface area contributed by atoms with Crippen LogP contribution in [-0.2, 0) is 4.79 Å². The fourth-order valence-corrected chi connectivity index (χ4v) is 6.54. The van der Waals surface area contributed by atoms with E-state index >= 15 is 0 Å². The largest absolute Gasteiger partial charge is 0.338 e. The number of carbonyl (C=O) groups excluding carboxylic acids is 1. The first kappa shape index (κ1) is 23.0. The van der Waals surface area contributed by atoms with Crippen molar-refractivity contribution in [2.24, 2.45) is 5.41 Å². The summed E-state index contributed by atoms with van der Waals surface area (Å²) in [4.78, 5) is 18.2. The molecular formula is C28H29ClN6O. The number of amides is 1. The van der Waals surface area contributed by atoms with Crippen molar-refractivity contribution in [3.8, 4) is 22.4 Å². The topological polar surface area (TPSA) is 79.7 Å². The number of hydrogen-bond donors (Lipinski definition) is 1. The molecule has 1 N–H and O–H groups in total. The number of benzene rings is 1. The van der Waals surface area contributed by atoms with Crippen LogP contribution in [0.4, 0.5) is 0 Å². The van der Waals surface area contributed by atoms with Gasteiger partial charge in [-0.2, -0.15) is 10.2 Å². The normalized spacial score (nSPS) is 16.9. The Balaban J connectivity index is 1.49. The molecular weight excluding hydrogens is 472 g/mol. The molecule has 4 aromatic rings. The second kappa shape index (κ2) is 8.03. The van der Waals surface area contributed by atoms with Crippen molar-refractivity contribution < 1.29 is 4.79 Å². The number of aromatic nitrogens is 5. The number of halogens is 1. The Kier molecular flexibility index (Phi) is 5.13. The lowest BCUT2D eigenvalue weighted by Gasteiger charge is -2.58. The minimum Gasteiger partial charge on any atom is -0.338 e. The number of likely N-dealkylation sites (tertiary alicyclic amines) is 1. The first-order valence-electron chi connectivity index (χ1n) is 12.3. The van der Waals surface area contributed by atoms with Crippen LogP contribution in [0.1, 0.15) is 41.3 Å². The van der Waals surface area contributed by atoms with Crippen molar-refractivity contribution in [2.45, 2.75) is 46.6 Å². The Morgan fingerprint density at radius 1 is 1.08 bits per heavy atom. The quantitative estimate of drug-likeness (QED) is 0.363. The second-order valence-electron chi connectivity index (χ2n) is 10.6. The molecule has 1 saturated heterocycles. The van der Waals surface area contributed by atoms with E-state index in [0.29, 0.717) is 0 Å². The zero-order chi connectivity index (χ0) is 25.4. The van der Waals surface area contributed by atoms with Crippen LogP contribution in [0.15, 0.2) is 37.3 Å². The standard InChI is InChI=1S/C28H29ClN6O/c1-6-22(36)34-13-28(14-34)8-19(9-28)35-18(5)24(27(33-35)23-16(3)10-30-11-17(23)4)25-20-12-31-32-21(20)7-15(2)26(25)29/h6-7,10-12,19H,1,8-9,13-14H2,2-5H3,(H,31,32). The number of carbonyl (C=O) groups is 1. The molecule has 1 aliphatic heterocycles. The number of aromatic amines is 1. The van der Waals surface area contributed by atoms with Crippen LogP contribution >= 0.6 is 11.6 Å². The average molecular weight is 501 g/mol. The van der Waals surface area contributed by atoms with Crippen LogP contribution in [0.25, 0.3) is 33.3 Å². The summed E-state index contributed by atoms with van der Waals surface area (Å²) in [7, 11) is 0. The van der Waals surface area contributed by atoms with E-state index in [1.54, 1.807) is 0 Å². The Morgan fingerprint density at radius 2 is 1.78 bits per heavy atom. The zero-order valence-electron chi connectivity index (χ0n) is 21.0. The Morgan fingerprint density at radius 3 is 2.44 bits per heavy atom. The predicted octanol–water partition coefficient (Wildman–Crippen LogP) is 5.72. The van der Waals surface area contributed by atoms with Gasteiger partial charge in [-0.25, -0.2) is 0 Å². The Bertz CT molecular complexity index is 1530. The van der Waals surface area contributed by atoms with Crippen LogP contribution in [-0.4, -0.2) is 48.9 Å². The van der Waals surface area contributed by atoms with Crippen molar-refractivity contribution in [3.63, 3.8) is 0 Å². The molecule has 2 fully saturated rings. The van der Waals surface area contributed by atoms with Gasteiger partial charge in [0.05, 0.1) is 22.8 Å². The molecule has 0 unspecified atom stereocenters. The molecule has 1 spiro atoms. The molecule has 0 atom stereocenters. The fraction of sp³-hybridized carbons (Fsp3) is 0.357. The molecule has 36 heavy (non-hydrogen) atoms. The maximum Gasteiger partial charge on any atom is 0.245 e. The monoisotopic (exact) mass is 500 g/mol. The Labute approximate surface area is 215 Å². The van der Waals surface area contributed by atoms with Gasteiger partial charge in [0.25, 0.3) is 0 Å². The molecule has 0 bridgehead atoms. The van der Waals surface area contributed by atoms with Gasteiger partial charge in [-0.3, -0.25) is 19.6 Å². The number of aryl methyl sites for hydroxylation is 3. The molecule has 7 nitrogen and oxygen atoms in total. The lowest BCUT2D eigenvalue weighted by atomic mass is 9.60. The van der Waals surface area contributed by atoms with Gasteiger partial charge >= 0.3 is 0 Å². The number of nitrogens with one attached hydrogen (secondary N) is 1. The van der Waals surface area contributed by atoms with Gasteiger partial charge in [0.1, 0.15) is 5.69 Å². The van der Waals surface area contributed by atoms with Crippen molar-refractivity contribution >= 4 is 28.4 Å². The molecule has 3 aromatic heterocycles. The van der Waals surface area contributed by atoms with Gasteiger partial charge in [0.2, 0.25) is 5.91 Å². The number of pyridine rings is 1. The van der Waals surface area contributed by atoms with Crippen LogP contribution < -0.4 is 0 Å². The molecule has 0 radical (unpaired) electrons. The van der Waals surface area contributed by atoms with Crippen LogP contribution in [0.2, 0.25) is 5.02 Å². The first-order chi connectivity index (χ1) is 17.2. The minimum absolute atomic E-state index is 0.0192. The third-order valence-corrected chi connectivity index (χ3v) is 8.54. The summed E-state index contributed by atoms with van der Waals surface area (Å²) in [5, 5.41) is 14.4. The number of nitrogens with zero attached hydrogens (tertiary/aromatic N) is 5. The second-order valence-corrected chi connectivity index (χ2v) is 11.0. The van der Waals surface area contributed by atoms with E-state index in [0.717, 1.165) is 86.6 Å². The van der Waals surface area contributed by atoms with E-state index in [4.69, 9.17) is 16.7 Å². The van der Waals surface area contributed by atoms with Crippen molar-refractivity contribution in [3.05, 3.63) is 64.7 Å². The van der Waals surface area contributed by atoms with Crippen molar-refractivity contribution in [1.29, 1.82) is 0 Å².